The molecule has 1 heterocycles. The fourth-order valence-corrected chi connectivity index (χ4v) is 2.02. The minimum atomic E-state index is -4.58. The fourth-order valence-electron chi connectivity index (χ4n) is 2.02. The Morgan fingerprint density at radius 2 is 1.93 bits per heavy atom. The molecule has 0 amide bonds. The third-order valence-corrected chi connectivity index (χ3v) is 2.96. The first-order chi connectivity index (χ1) is 6.89. The van der Waals surface area contributed by atoms with Crippen LogP contribution in [0.1, 0.15) is 19.3 Å². The number of halogens is 3. The minimum Gasteiger partial charge on any atom is -0.481 e. The van der Waals surface area contributed by atoms with Crippen molar-refractivity contribution in [1.82, 2.24) is 0 Å². The van der Waals surface area contributed by atoms with Crippen molar-refractivity contribution in [1.29, 1.82) is 0 Å². The van der Waals surface area contributed by atoms with Gasteiger partial charge in [-0.2, -0.15) is 13.2 Å². The molecule has 3 nitrogen and oxygen atoms in total. The zero-order chi connectivity index (χ0) is 11.2. The van der Waals surface area contributed by atoms with Gasteiger partial charge in [-0.3, -0.25) is 4.79 Å². The van der Waals surface area contributed by atoms with Crippen molar-refractivity contribution in [2.45, 2.75) is 37.6 Å². The zero-order valence-electron chi connectivity index (χ0n) is 7.83. The van der Waals surface area contributed by atoms with Crippen LogP contribution in [0, 0.1) is 11.8 Å². The Labute approximate surface area is 84.2 Å². The molecule has 86 valence electrons. The van der Waals surface area contributed by atoms with Crippen LogP contribution in [0.3, 0.4) is 0 Å². The Balaban J connectivity index is 2.10. The van der Waals surface area contributed by atoms with E-state index < -0.39 is 30.3 Å². The highest BCUT2D eigenvalue weighted by Gasteiger charge is 2.56. The summed E-state index contributed by atoms with van der Waals surface area (Å²) in [5, 5.41) is 8.69. The molecular formula is C9H11F3O3. The highest BCUT2D eigenvalue weighted by molar-refractivity contribution is 5.71. The van der Waals surface area contributed by atoms with Crippen LogP contribution in [0.4, 0.5) is 13.2 Å². The second kappa shape index (κ2) is 3.37. The molecule has 3 unspecified atom stereocenters. The summed E-state index contributed by atoms with van der Waals surface area (Å²) < 4.78 is 42.1. The van der Waals surface area contributed by atoms with E-state index in [0.29, 0.717) is 0 Å². The first-order valence-corrected chi connectivity index (χ1v) is 4.84. The monoisotopic (exact) mass is 224 g/mol. The number of carboxylic acids is 1. The first kappa shape index (κ1) is 10.7. The Morgan fingerprint density at radius 3 is 2.27 bits per heavy atom. The molecule has 0 aromatic rings. The lowest BCUT2D eigenvalue weighted by Crippen LogP contribution is -2.37. The Hall–Kier alpha value is -0.780. The van der Waals surface area contributed by atoms with Crippen LogP contribution in [0.5, 0.6) is 0 Å². The van der Waals surface area contributed by atoms with Gasteiger partial charge < -0.3 is 9.84 Å². The molecule has 1 saturated heterocycles. The van der Waals surface area contributed by atoms with Crippen molar-refractivity contribution in [2.75, 3.05) is 0 Å². The fraction of sp³-hybridized carbons (Fsp3) is 0.889. The highest BCUT2D eigenvalue weighted by atomic mass is 19.4. The summed E-state index contributed by atoms with van der Waals surface area (Å²) in [7, 11) is 0. The van der Waals surface area contributed by atoms with Crippen LogP contribution in [0.2, 0.25) is 0 Å². The number of rotatable bonds is 2. The van der Waals surface area contributed by atoms with Gasteiger partial charge in [-0.25, -0.2) is 0 Å². The average Bonchev–Trinajstić information content (AvgIpc) is 2.81. The molecular weight excluding hydrogens is 213 g/mol. The van der Waals surface area contributed by atoms with Crippen molar-refractivity contribution >= 4 is 5.97 Å². The Bertz CT molecular complexity index is 272. The molecule has 0 spiro atoms. The average molecular weight is 224 g/mol. The number of hydrogen-bond acceptors (Lipinski definition) is 2. The smallest absolute Gasteiger partial charge is 0.415 e. The summed E-state index contributed by atoms with van der Waals surface area (Å²) >= 11 is 0. The van der Waals surface area contributed by atoms with Crippen LogP contribution >= 0.6 is 0 Å². The van der Waals surface area contributed by atoms with E-state index in [2.05, 4.69) is 0 Å². The van der Waals surface area contributed by atoms with Gasteiger partial charge in [0.05, 0.1) is 12.0 Å². The largest absolute Gasteiger partial charge is 0.481 e. The quantitative estimate of drug-likeness (QED) is 0.778. The predicted octanol–water partition coefficient (Wildman–Crippen LogP) is 1.82. The van der Waals surface area contributed by atoms with Gasteiger partial charge in [0.2, 0.25) is 0 Å². The van der Waals surface area contributed by atoms with Crippen molar-refractivity contribution in [3.05, 3.63) is 0 Å². The second-order valence-corrected chi connectivity index (χ2v) is 4.15. The van der Waals surface area contributed by atoms with Crippen LogP contribution in [-0.2, 0) is 9.53 Å². The molecule has 6 heteroatoms. The van der Waals surface area contributed by atoms with Crippen LogP contribution < -0.4 is 0 Å². The van der Waals surface area contributed by atoms with Gasteiger partial charge in [-0.15, -0.1) is 0 Å². The lowest BCUT2D eigenvalue weighted by Gasteiger charge is -2.18. The second-order valence-electron chi connectivity index (χ2n) is 4.15. The lowest BCUT2D eigenvalue weighted by atomic mass is 9.98. The summed E-state index contributed by atoms with van der Waals surface area (Å²) in [5.41, 5.74) is 0. The molecule has 0 radical (unpaired) electrons. The van der Waals surface area contributed by atoms with Gasteiger partial charge in [0.25, 0.3) is 0 Å². The van der Waals surface area contributed by atoms with Gasteiger partial charge in [0.1, 0.15) is 0 Å². The molecule has 3 atom stereocenters. The topological polar surface area (TPSA) is 46.5 Å². The summed E-state index contributed by atoms with van der Waals surface area (Å²) in [6.45, 7) is 0. The van der Waals surface area contributed by atoms with Crippen molar-refractivity contribution in [3.8, 4) is 0 Å². The first-order valence-electron chi connectivity index (χ1n) is 4.84. The van der Waals surface area contributed by atoms with E-state index in [-0.39, 0.29) is 12.3 Å². The number of alkyl halides is 3. The predicted molar refractivity (Wildman–Crippen MR) is 43.2 cm³/mol. The summed E-state index contributed by atoms with van der Waals surface area (Å²) in [5.74, 6) is -2.71. The van der Waals surface area contributed by atoms with Gasteiger partial charge in [0.15, 0.2) is 6.10 Å². The van der Waals surface area contributed by atoms with E-state index in [0.717, 1.165) is 12.8 Å². The number of hydrogen-bond donors (Lipinski definition) is 1. The van der Waals surface area contributed by atoms with E-state index >= 15 is 0 Å². The number of aliphatic carboxylic acids is 1. The molecule has 2 fully saturated rings. The molecule has 2 rings (SSSR count). The Morgan fingerprint density at radius 1 is 1.33 bits per heavy atom. The number of carbonyl (C=O) groups is 1. The maximum Gasteiger partial charge on any atom is 0.415 e. The molecule has 0 aromatic heterocycles. The van der Waals surface area contributed by atoms with Gasteiger partial charge >= 0.3 is 12.1 Å². The summed E-state index contributed by atoms with van der Waals surface area (Å²) in [6.07, 6.45) is -5.53. The molecule has 1 N–H and O–H groups in total. The normalized spacial score (nSPS) is 36.9. The van der Waals surface area contributed by atoms with E-state index in [9.17, 15) is 18.0 Å². The number of ether oxygens (including phenoxy) is 1. The van der Waals surface area contributed by atoms with Crippen molar-refractivity contribution < 1.29 is 27.8 Å². The van der Waals surface area contributed by atoms with E-state index in [1.54, 1.807) is 0 Å². The molecule has 1 saturated carbocycles. The molecule has 1 aliphatic carbocycles. The third kappa shape index (κ3) is 2.09. The molecule has 15 heavy (non-hydrogen) atoms. The minimum absolute atomic E-state index is 0.00975. The standard InChI is InChI=1S/C9H11F3O3/c10-9(11,12)7-5(8(13)14)3-6(15-7)4-1-2-4/h4-7H,1-3H2,(H,13,14). The Kier molecular flexibility index (Phi) is 2.41. The van der Waals surface area contributed by atoms with Crippen LogP contribution in [-0.4, -0.2) is 29.5 Å². The zero-order valence-corrected chi connectivity index (χ0v) is 7.83. The third-order valence-electron chi connectivity index (χ3n) is 2.96. The molecule has 0 aromatic carbocycles. The molecule has 2 aliphatic rings. The van der Waals surface area contributed by atoms with Crippen LogP contribution in [0.25, 0.3) is 0 Å². The SMILES string of the molecule is O=C(O)C1CC(C2CC2)OC1C(F)(F)F. The van der Waals surface area contributed by atoms with E-state index in [4.69, 9.17) is 9.84 Å². The maximum absolute atomic E-state index is 12.4. The number of carboxylic acid groups (broad SMARTS) is 1. The van der Waals surface area contributed by atoms with Gasteiger partial charge in [-0.05, 0) is 25.2 Å². The molecule has 1 aliphatic heterocycles. The van der Waals surface area contributed by atoms with Gasteiger partial charge in [-0.1, -0.05) is 0 Å². The highest BCUT2D eigenvalue weighted by Crippen LogP contribution is 2.46. The van der Waals surface area contributed by atoms with Crippen molar-refractivity contribution in [2.24, 2.45) is 11.8 Å². The van der Waals surface area contributed by atoms with E-state index in [1.165, 1.54) is 0 Å². The maximum atomic E-state index is 12.4. The van der Waals surface area contributed by atoms with Gasteiger partial charge in [0, 0.05) is 0 Å². The van der Waals surface area contributed by atoms with Crippen molar-refractivity contribution in [3.63, 3.8) is 0 Å². The molecule has 0 bridgehead atoms. The van der Waals surface area contributed by atoms with Crippen LogP contribution in [0.15, 0.2) is 0 Å². The van der Waals surface area contributed by atoms with E-state index in [1.807, 2.05) is 0 Å². The lowest BCUT2D eigenvalue weighted by molar-refractivity contribution is -0.227. The summed E-state index contributed by atoms with van der Waals surface area (Å²) in [4.78, 5) is 10.7. The summed E-state index contributed by atoms with van der Waals surface area (Å²) in [6, 6.07) is 0.